The van der Waals surface area contributed by atoms with Crippen LogP contribution < -0.4 is 4.57 Å². The van der Waals surface area contributed by atoms with E-state index in [0.717, 1.165) is 10.1 Å². The van der Waals surface area contributed by atoms with Crippen LogP contribution in [0.3, 0.4) is 0 Å². The van der Waals surface area contributed by atoms with Gasteiger partial charge in [-0.2, -0.15) is 13.3 Å². The number of para-hydroxylation sites is 2. The summed E-state index contributed by atoms with van der Waals surface area (Å²) in [5, 5.41) is 0. The SMILES string of the molecule is Cc1ccc(C(=O)C[n+]2cn(C(F)F)c3ccccc32)cc1. The zero-order valence-corrected chi connectivity index (χ0v) is 12.0. The van der Waals surface area contributed by atoms with Crippen LogP contribution in [0.4, 0.5) is 8.78 Å². The number of aromatic nitrogens is 2. The Bertz CT molecular complexity index is 822. The maximum atomic E-state index is 13.1. The second kappa shape index (κ2) is 5.67. The Morgan fingerprint density at radius 3 is 2.50 bits per heavy atom. The van der Waals surface area contributed by atoms with Crippen LogP contribution in [0.15, 0.2) is 54.9 Å². The molecule has 0 radical (unpaired) electrons. The van der Waals surface area contributed by atoms with Crippen LogP contribution in [0, 0.1) is 6.92 Å². The maximum absolute atomic E-state index is 13.1. The van der Waals surface area contributed by atoms with Crippen LogP contribution >= 0.6 is 0 Å². The van der Waals surface area contributed by atoms with Crippen LogP contribution in [0.2, 0.25) is 0 Å². The van der Waals surface area contributed by atoms with Crippen LogP contribution in [0.5, 0.6) is 0 Å². The van der Waals surface area contributed by atoms with Gasteiger partial charge in [-0.1, -0.05) is 42.0 Å². The number of benzene rings is 2. The van der Waals surface area contributed by atoms with Crippen molar-refractivity contribution in [1.82, 2.24) is 4.57 Å². The fraction of sp³-hybridized carbons (Fsp3) is 0.176. The number of nitrogens with zero attached hydrogens (tertiary/aromatic N) is 2. The molecule has 3 rings (SSSR count). The van der Waals surface area contributed by atoms with E-state index in [1.165, 1.54) is 6.33 Å². The lowest BCUT2D eigenvalue weighted by Gasteiger charge is -2.00. The summed E-state index contributed by atoms with van der Waals surface area (Å²) < 4.78 is 28.6. The lowest BCUT2D eigenvalue weighted by molar-refractivity contribution is -0.658. The van der Waals surface area contributed by atoms with Gasteiger partial charge < -0.3 is 0 Å². The van der Waals surface area contributed by atoms with E-state index in [2.05, 4.69) is 0 Å². The van der Waals surface area contributed by atoms with E-state index in [1.807, 2.05) is 19.1 Å². The second-order valence-corrected chi connectivity index (χ2v) is 5.21. The predicted octanol–water partition coefficient (Wildman–Crippen LogP) is 3.52. The van der Waals surface area contributed by atoms with Gasteiger partial charge in [0.2, 0.25) is 12.1 Å². The zero-order valence-electron chi connectivity index (χ0n) is 12.0. The lowest BCUT2D eigenvalue weighted by Crippen LogP contribution is -2.36. The molecule has 0 bridgehead atoms. The monoisotopic (exact) mass is 301 g/mol. The van der Waals surface area contributed by atoms with Crippen molar-refractivity contribution in [2.45, 2.75) is 20.0 Å². The normalized spacial score (nSPS) is 11.3. The number of carbonyl (C=O) groups is 1. The molecule has 0 saturated heterocycles. The lowest BCUT2D eigenvalue weighted by atomic mass is 10.1. The van der Waals surface area contributed by atoms with E-state index >= 15 is 0 Å². The third kappa shape index (κ3) is 2.62. The topological polar surface area (TPSA) is 25.9 Å². The Morgan fingerprint density at radius 1 is 1.14 bits per heavy atom. The molecule has 0 unspecified atom stereocenters. The molecule has 0 saturated carbocycles. The standard InChI is InChI=1S/C17H15F2N2O/c1-12-6-8-13(9-7-12)16(22)10-20-11-21(17(18)19)15-5-3-2-4-14(15)20/h2-9,11,17H,10H2,1H3/q+1. The van der Waals surface area contributed by atoms with E-state index in [0.29, 0.717) is 16.6 Å². The van der Waals surface area contributed by atoms with Gasteiger partial charge >= 0.3 is 6.55 Å². The molecule has 0 N–H and O–H groups in total. The van der Waals surface area contributed by atoms with Crippen molar-refractivity contribution in [3.05, 3.63) is 66.0 Å². The number of fused-ring (bicyclic) bond motifs is 1. The summed E-state index contributed by atoms with van der Waals surface area (Å²) in [7, 11) is 0. The zero-order chi connectivity index (χ0) is 15.7. The summed E-state index contributed by atoms with van der Waals surface area (Å²) >= 11 is 0. The minimum atomic E-state index is -2.64. The second-order valence-electron chi connectivity index (χ2n) is 5.21. The molecule has 3 aromatic rings. The molecular weight excluding hydrogens is 286 g/mol. The maximum Gasteiger partial charge on any atom is 0.387 e. The number of carbonyl (C=O) groups excluding carboxylic acids is 1. The summed E-state index contributed by atoms with van der Waals surface area (Å²) in [6.07, 6.45) is 1.29. The van der Waals surface area contributed by atoms with Crippen molar-refractivity contribution >= 4 is 16.8 Å². The molecule has 0 aliphatic rings. The molecule has 22 heavy (non-hydrogen) atoms. The molecule has 0 spiro atoms. The molecule has 0 amide bonds. The number of Topliss-reactive ketones (excluding diaryl/α,β-unsaturated/α-hetero) is 1. The summed E-state index contributed by atoms with van der Waals surface area (Å²) in [5.74, 6) is -0.109. The van der Waals surface area contributed by atoms with Crippen LogP contribution in [0.25, 0.3) is 11.0 Å². The summed E-state index contributed by atoms with van der Waals surface area (Å²) in [6.45, 7) is -0.664. The highest BCUT2D eigenvalue weighted by Gasteiger charge is 2.23. The minimum absolute atomic E-state index is 0.0310. The van der Waals surface area contributed by atoms with Crippen molar-refractivity contribution < 1.29 is 18.1 Å². The van der Waals surface area contributed by atoms with Crippen LogP contribution in [0.1, 0.15) is 22.5 Å². The van der Waals surface area contributed by atoms with Crippen molar-refractivity contribution in [1.29, 1.82) is 0 Å². The number of ketones is 1. The molecule has 1 heterocycles. The Hall–Kier alpha value is -2.56. The van der Waals surface area contributed by atoms with Crippen molar-refractivity contribution in [2.24, 2.45) is 0 Å². The number of hydrogen-bond acceptors (Lipinski definition) is 1. The molecule has 3 nitrogen and oxygen atoms in total. The van der Waals surface area contributed by atoms with Gasteiger partial charge in [-0.25, -0.2) is 4.57 Å². The summed E-state index contributed by atoms with van der Waals surface area (Å²) in [6, 6.07) is 14.1. The van der Waals surface area contributed by atoms with Gasteiger partial charge in [0.1, 0.15) is 0 Å². The largest absolute Gasteiger partial charge is 0.387 e. The fourth-order valence-electron chi connectivity index (χ4n) is 2.47. The van der Waals surface area contributed by atoms with Gasteiger partial charge in [0.25, 0.3) is 0 Å². The van der Waals surface area contributed by atoms with Crippen molar-refractivity contribution in [3.8, 4) is 0 Å². The first-order chi connectivity index (χ1) is 10.6. The first-order valence-electron chi connectivity index (χ1n) is 6.93. The average molecular weight is 301 g/mol. The first-order valence-corrected chi connectivity index (χ1v) is 6.93. The molecule has 5 heteroatoms. The van der Waals surface area contributed by atoms with E-state index in [9.17, 15) is 13.6 Å². The summed E-state index contributed by atoms with van der Waals surface area (Å²) in [4.78, 5) is 12.3. The van der Waals surface area contributed by atoms with Crippen LogP contribution in [-0.4, -0.2) is 10.4 Å². The highest BCUT2D eigenvalue weighted by Crippen LogP contribution is 2.18. The molecule has 0 fully saturated rings. The molecule has 0 atom stereocenters. The van der Waals surface area contributed by atoms with Gasteiger partial charge in [0, 0.05) is 5.56 Å². The van der Waals surface area contributed by atoms with Gasteiger partial charge in [-0.3, -0.25) is 4.79 Å². The third-order valence-electron chi connectivity index (χ3n) is 3.63. The number of aryl methyl sites for hydroxylation is 1. The quantitative estimate of drug-likeness (QED) is 0.535. The highest BCUT2D eigenvalue weighted by molar-refractivity contribution is 5.95. The smallest absolute Gasteiger partial charge is 0.290 e. The molecule has 112 valence electrons. The Morgan fingerprint density at radius 2 is 1.82 bits per heavy atom. The van der Waals surface area contributed by atoms with Gasteiger partial charge in [0.15, 0.2) is 17.6 Å². The highest BCUT2D eigenvalue weighted by atomic mass is 19.3. The average Bonchev–Trinajstić information content (AvgIpc) is 2.87. The third-order valence-corrected chi connectivity index (χ3v) is 3.63. The van der Waals surface area contributed by atoms with E-state index in [4.69, 9.17) is 0 Å². The molecule has 1 aromatic heterocycles. The van der Waals surface area contributed by atoms with Crippen molar-refractivity contribution in [2.75, 3.05) is 0 Å². The van der Waals surface area contributed by atoms with E-state index in [1.54, 1.807) is 41.0 Å². The number of alkyl halides is 2. The molecule has 0 aliphatic heterocycles. The molecule has 2 aromatic carbocycles. The Kier molecular flexibility index (Phi) is 3.71. The number of hydrogen-bond donors (Lipinski definition) is 0. The van der Waals surface area contributed by atoms with Gasteiger partial charge in [-0.15, -0.1) is 0 Å². The fourth-order valence-corrected chi connectivity index (χ4v) is 2.47. The Balaban J connectivity index is 1.97. The van der Waals surface area contributed by atoms with E-state index < -0.39 is 6.55 Å². The first kappa shape index (κ1) is 14.4. The number of rotatable bonds is 4. The minimum Gasteiger partial charge on any atom is -0.290 e. The predicted molar refractivity (Wildman–Crippen MR) is 78.9 cm³/mol. The summed E-state index contributed by atoms with van der Waals surface area (Å²) in [5.41, 5.74) is 2.67. The Labute approximate surface area is 126 Å². The van der Waals surface area contributed by atoms with Gasteiger partial charge in [0.05, 0.1) is 0 Å². The van der Waals surface area contributed by atoms with E-state index in [-0.39, 0.29) is 12.3 Å². The molecular formula is C17H15F2N2O+. The van der Waals surface area contributed by atoms with Gasteiger partial charge in [-0.05, 0) is 19.1 Å². The van der Waals surface area contributed by atoms with Crippen molar-refractivity contribution in [3.63, 3.8) is 0 Å². The number of imidazole rings is 1. The molecule has 0 aliphatic carbocycles. The van der Waals surface area contributed by atoms with Crippen LogP contribution in [-0.2, 0) is 6.54 Å². The number of halogens is 2.